The minimum Gasteiger partial charge on any atom is -0.453 e. The molecule has 6 amide bonds. The summed E-state index contributed by atoms with van der Waals surface area (Å²) in [6.45, 7) is 19.4. The molecule has 3 aliphatic rings. The van der Waals surface area contributed by atoms with Crippen LogP contribution >= 0.6 is 0 Å². The molecule has 0 spiro atoms. The van der Waals surface area contributed by atoms with Gasteiger partial charge < -0.3 is 43.6 Å². The van der Waals surface area contributed by atoms with Gasteiger partial charge in [-0.1, -0.05) is 36.4 Å². The Kier molecular flexibility index (Phi) is 19.1. The lowest BCUT2D eigenvalue weighted by Crippen LogP contribution is -2.49. The van der Waals surface area contributed by atoms with Crippen LogP contribution in [0.3, 0.4) is 0 Å². The third kappa shape index (κ3) is 16.2. The number of H-pyrrole nitrogens is 1. The first-order valence-corrected chi connectivity index (χ1v) is 29.3. The number of benzene rings is 3. The Morgan fingerprint density at radius 3 is 2.03 bits per heavy atom. The normalized spacial score (nSPS) is 16.0. The van der Waals surface area contributed by atoms with Crippen molar-refractivity contribution >= 4 is 52.7 Å². The summed E-state index contributed by atoms with van der Waals surface area (Å²) in [5.74, 6) is -3.84. The first kappa shape index (κ1) is 63.1. The Balaban J connectivity index is 0.758. The molecular formula is C64H76F2N10O11. The van der Waals surface area contributed by atoms with Crippen LogP contribution in [0.25, 0.3) is 33.5 Å². The maximum absolute atomic E-state index is 15.9. The molecule has 0 radical (unpaired) electrons. The number of urea groups is 1. The van der Waals surface area contributed by atoms with Crippen LogP contribution in [0.5, 0.6) is 0 Å². The molecule has 3 N–H and O–H groups in total. The number of aromatic amines is 1. The van der Waals surface area contributed by atoms with E-state index in [0.717, 1.165) is 93.9 Å². The maximum Gasteiger partial charge on any atom is 0.420 e. The summed E-state index contributed by atoms with van der Waals surface area (Å²) in [6, 6.07) is 19.4. The van der Waals surface area contributed by atoms with Gasteiger partial charge in [-0.2, -0.15) is 0 Å². The number of hydrogen-bond acceptors (Lipinski definition) is 15. The van der Waals surface area contributed by atoms with Gasteiger partial charge in [0, 0.05) is 92.9 Å². The Bertz CT molecular complexity index is 3590. The first-order valence-electron chi connectivity index (χ1n) is 29.3. The van der Waals surface area contributed by atoms with Crippen molar-refractivity contribution in [3.63, 3.8) is 0 Å². The summed E-state index contributed by atoms with van der Waals surface area (Å²) >= 11 is 0. The van der Waals surface area contributed by atoms with Crippen molar-refractivity contribution in [2.75, 3.05) is 51.1 Å². The molecule has 3 saturated heterocycles. The molecule has 6 heterocycles. The third-order valence-corrected chi connectivity index (χ3v) is 15.5. The van der Waals surface area contributed by atoms with Crippen molar-refractivity contribution in [2.24, 2.45) is 0 Å². The van der Waals surface area contributed by atoms with Crippen LogP contribution in [0.1, 0.15) is 120 Å². The summed E-state index contributed by atoms with van der Waals surface area (Å²) < 4.78 is 56.1. The molecule has 21 nitrogen and oxygen atoms in total. The van der Waals surface area contributed by atoms with E-state index in [2.05, 4.69) is 47.5 Å². The molecule has 462 valence electrons. The van der Waals surface area contributed by atoms with Gasteiger partial charge in [-0.05, 0) is 147 Å². The molecule has 0 aliphatic carbocycles. The zero-order chi connectivity index (χ0) is 62.5. The number of nitrogens with one attached hydrogen (secondary N) is 3. The smallest absolute Gasteiger partial charge is 0.420 e. The Labute approximate surface area is 503 Å². The number of aromatic nitrogens is 4. The van der Waals surface area contributed by atoms with E-state index in [9.17, 15) is 33.6 Å². The van der Waals surface area contributed by atoms with Crippen LogP contribution in [-0.4, -0.2) is 144 Å². The molecule has 3 aromatic carbocycles. The van der Waals surface area contributed by atoms with Gasteiger partial charge in [0.15, 0.2) is 0 Å². The van der Waals surface area contributed by atoms with Crippen molar-refractivity contribution in [1.29, 1.82) is 0 Å². The van der Waals surface area contributed by atoms with Crippen LogP contribution in [0.15, 0.2) is 90.1 Å². The van der Waals surface area contributed by atoms with Crippen LogP contribution < -0.4 is 16.2 Å². The number of rotatable bonds is 17. The third-order valence-electron chi connectivity index (χ3n) is 15.5. The highest BCUT2D eigenvalue weighted by atomic mass is 19.1. The van der Waals surface area contributed by atoms with E-state index in [1.165, 1.54) is 43.3 Å². The number of hydrogen-bond donors (Lipinski definition) is 3. The molecule has 6 aromatic rings. The summed E-state index contributed by atoms with van der Waals surface area (Å²) in [5.41, 5.74) is 1.32. The largest absolute Gasteiger partial charge is 0.453 e. The van der Waals surface area contributed by atoms with Crippen molar-refractivity contribution in [2.45, 2.75) is 143 Å². The lowest BCUT2D eigenvalue weighted by Gasteiger charge is -2.37. The monoisotopic (exact) mass is 1200 g/mol. The van der Waals surface area contributed by atoms with Crippen LogP contribution in [0.2, 0.25) is 0 Å². The summed E-state index contributed by atoms with van der Waals surface area (Å²) in [6.07, 6.45) is 5.25. The van der Waals surface area contributed by atoms with E-state index in [1.807, 2.05) is 24.3 Å². The van der Waals surface area contributed by atoms with Crippen LogP contribution in [0.4, 0.5) is 28.9 Å². The van der Waals surface area contributed by atoms with Crippen molar-refractivity contribution in [1.82, 2.24) is 44.4 Å². The number of likely N-dealkylation sites (tertiary alicyclic amines) is 2. The Hall–Kier alpha value is -8.41. The molecule has 3 aromatic heterocycles. The fourth-order valence-electron chi connectivity index (χ4n) is 10.9. The molecule has 0 bridgehead atoms. The van der Waals surface area contributed by atoms with Gasteiger partial charge in [-0.25, -0.2) is 38.0 Å². The summed E-state index contributed by atoms with van der Waals surface area (Å²) in [7, 11) is 0. The predicted octanol–water partition coefficient (Wildman–Crippen LogP) is 9.83. The summed E-state index contributed by atoms with van der Waals surface area (Å²) in [4.78, 5) is 109. The summed E-state index contributed by atoms with van der Waals surface area (Å²) in [5, 5.41) is 5.58. The van der Waals surface area contributed by atoms with Gasteiger partial charge in [-0.3, -0.25) is 29.4 Å². The minimum atomic E-state index is -1.52. The minimum absolute atomic E-state index is 0.0808. The van der Waals surface area contributed by atoms with Crippen LogP contribution in [-0.2, 0) is 53.8 Å². The molecule has 87 heavy (non-hydrogen) atoms. The maximum atomic E-state index is 15.9. The second kappa shape index (κ2) is 26.3. The highest BCUT2D eigenvalue weighted by Gasteiger charge is 2.36. The number of amides is 6. The predicted molar refractivity (Wildman–Crippen MR) is 320 cm³/mol. The molecule has 0 unspecified atom stereocenters. The number of nitrogens with zero attached hydrogens (tertiary/aromatic N) is 7. The standard InChI is InChI=1S/C64H76F2N10O11/c1-39-48(32-44(65)33-51(39)70-57(79)47-17-16-43(31-50(47)66)64(8,9)85-54(78)37-76(60(82)86-62(2,3)4)61(83)87-63(5,6)7)55-49-34-52(69-56(49)68-38-67-55)41-14-12-40(13-15-41)35-73-26-20-46(21-27-73)84-45-18-24-72(25-19-45)29-30-74-23-10-11-42(58(74)80)36-75-28-22-53(77)71-59(75)81/h10-17,23,31-34,38,45-46H,18-22,24-30,35-37H2,1-9H3,(H,70,79)(H,67,68,69)(H,71,77,81). The number of ether oxygens (including phenoxy) is 4. The fourth-order valence-corrected chi connectivity index (χ4v) is 10.9. The molecule has 0 saturated carbocycles. The van der Waals surface area contributed by atoms with Gasteiger partial charge in [0.05, 0.1) is 30.0 Å². The molecule has 3 fully saturated rings. The lowest BCUT2D eigenvalue weighted by molar-refractivity contribution is -0.158. The average molecular weight is 1200 g/mol. The first-order chi connectivity index (χ1) is 41.1. The molecule has 3 aliphatic heterocycles. The Morgan fingerprint density at radius 1 is 0.747 bits per heavy atom. The SMILES string of the molecule is Cc1c(NC(=O)c2ccc(C(C)(C)OC(=O)CN(C(=O)OC(C)(C)C)C(=O)OC(C)(C)C)cc2F)cc(F)cc1-c1ncnc2[nH]c(-c3ccc(CN4CCC(OC5CCN(CCn6cccc(CN7CCC(=O)NC7=O)c6=O)CC5)CC4)cc3)cc12. The van der Waals surface area contributed by atoms with E-state index < -0.39 is 65.1 Å². The van der Waals surface area contributed by atoms with Crippen molar-refractivity contribution in [3.8, 4) is 22.5 Å². The highest BCUT2D eigenvalue weighted by molar-refractivity contribution is 6.06. The van der Waals surface area contributed by atoms with E-state index in [0.29, 0.717) is 44.9 Å². The van der Waals surface area contributed by atoms with Crippen LogP contribution in [0, 0.1) is 18.6 Å². The zero-order valence-corrected chi connectivity index (χ0v) is 50.7. The number of pyridine rings is 1. The van der Waals surface area contributed by atoms with E-state index in [-0.39, 0.29) is 60.0 Å². The number of fused-ring (bicyclic) bond motifs is 1. The number of esters is 1. The number of carbonyl (C=O) groups excluding carboxylic acids is 6. The van der Waals surface area contributed by atoms with Gasteiger partial charge in [0.2, 0.25) is 5.91 Å². The molecule has 23 heteroatoms. The number of piperidine rings is 2. The molecular weight excluding hydrogens is 1120 g/mol. The van der Waals surface area contributed by atoms with Gasteiger partial charge in [0.25, 0.3) is 11.5 Å². The molecule has 0 atom stereocenters. The quantitative estimate of drug-likeness (QED) is 0.0569. The van der Waals surface area contributed by atoms with Gasteiger partial charge in [-0.15, -0.1) is 0 Å². The van der Waals surface area contributed by atoms with Crippen molar-refractivity contribution in [3.05, 3.63) is 135 Å². The van der Waals surface area contributed by atoms with E-state index >= 15 is 8.78 Å². The van der Waals surface area contributed by atoms with E-state index in [4.69, 9.17) is 18.9 Å². The van der Waals surface area contributed by atoms with Gasteiger partial charge >= 0.3 is 24.2 Å². The second-order valence-corrected chi connectivity index (χ2v) is 24.9. The zero-order valence-electron chi connectivity index (χ0n) is 50.7. The Morgan fingerprint density at radius 2 is 1.40 bits per heavy atom. The van der Waals surface area contributed by atoms with Gasteiger partial charge in [0.1, 0.15) is 47.0 Å². The number of imide groups is 2. The number of anilines is 1. The van der Waals surface area contributed by atoms with E-state index in [1.54, 1.807) is 65.3 Å². The number of carbonyl (C=O) groups is 6. The fraction of sp³-hybridized carbons (Fsp3) is 0.453. The highest BCUT2D eigenvalue weighted by Crippen LogP contribution is 2.36. The number of halogens is 2. The topological polar surface area (TPSA) is 240 Å². The second-order valence-electron chi connectivity index (χ2n) is 24.9. The lowest BCUT2D eigenvalue weighted by atomic mass is 9.96. The molecule has 9 rings (SSSR count). The van der Waals surface area contributed by atoms with Crippen molar-refractivity contribution < 1.29 is 56.5 Å². The average Bonchev–Trinajstić information content (AvgIpc) is 2.13.